The Morgan fingerprint density at radius 2 is 1.75 bits per heavy atom. The Balaban J connectivity index is 1.22. The van der Waals surface area contributed by atoms with Crippen molar-refractivity contribution >= 4 is 6.09 Å². The summed E-state index contributed by atoms with van der Waals surface area (Å²) in [5, 5.41) is 0. The highest BCUT2D eigenvalue weighted by Gasteiger charge is 2.22. The first-order valence-corrected chi connectivity index (χ1v) is 11.2. The Bertz CT molecular complexity index is 1030. The summed E-state index contributed by atoms with van der Waals surface area (Å²) in [5.41, 5.74) is 5.67. The van der Waals surface area contributed by atoms with Crippen LogP contribution < -0.4 is 4.74 Å². The number of pyridine rings is 2. The minimum Gasteiger partial charge on any atom is -0.410 e. The first-order chi connectivity index (χ1) is 15.6. The Kier molecular flexibility index (Phi) is 7.12. The molecule has 1 fully saturated rings. The topological polar surface area (TPSA) is 58.6 Å². The van der Waals surface area contributed by atoms with Gasteiger partial charge in [-0.3, -0.25) is 14.9 Å². The summed E-state index contributed by atoms with van der Waals surface area (Å²) in [4.78, 5) is 25.6. The number of nitrogens with zero attached hydrogens (tertiary/aromatic N) is 4. The van der Waals surface area contributed by atoms with Crippen LogP contribution in [0.1, 0.15) is 28.1 Å². The molecule has 1 aliphatic rings. The highest BCUT2D eigenvalue weighted by Crippen LogP contribution is 2.17. The van der Waals surface area contributed by atoms with E-state index in [1.807, 2.05) is 49.6 Å². The van der Waals surface area contributed by atoms with E-state index in [-0.39, 0.29) is 6.09 Å². The standard InChI is InChI=1S/C26H30N4O2/c1-20-5-8-23(28-19-20)11-13-29-14-16-30(17-15-29)26(31)32-24-9-6-22(7-10-24)18-25-21(2)4-3-12-27-25/h3-10,12,19H,11,13-18H2,1-2H3. The zero-order valence-corrected chi connectivity index (χ0v) is 18.8. The van der Waals surface area contributed by atoms with Gasteiger partial charge in [-0.1, -0.05) is 24.3 Å². The van der Waals surface area contributed by atoms with E-state index in [2.05, 4.69) is 40.0 Å². The maximum absolute atomic E-state index is 12.6. The molecule has 0 spiro atoms. The second-order valence-electron chi connectivity index (χ2n) is 8.36. The number of rotatable bonds is 6. The SMILES string of the molecule is Cc1ccc(CCN2CCN(C(=O)Oc3ccc(Cc4ncccc4C)cc3)CC2)nc1. The smallest absolute Gasteiger partial charge is 0.410 e. The number of aromatic nitrogens is 2. The molecular formula is C26H30N4O2. The van der Waals surface area contributed by atoms with Gasteiger partial charge in [-0.15, -0.1) is 0 Å². The molecule has 3 heterocycles. The molecule has 0 saturated carbocycles. The van der Waals surface area contributed by atoms with Gasteiger partial charge >= 0.3 is 6.09 Å². The third-order valence-electron chi connectivity index (χ3n) is 5.91. The highest BCUT2D eigenvalue weighted by molar-refractivity contribution is 5.70. The number of carbonyl (C=O) groups is 1. The van der Waals surface area contributed by atoms with Gasteiger partial charge in [0.2, 0.25) is 0 Å². The van der Waals surface area contributed by atoms with Crippen molar-refractivity contribution in [2.24, 2.45) is 0 Å². The van der Waals surface area contributed by atoms with Gasteiger partial charge in [-0.05, 0) is 54.8 Å². The summed E-state index contributed by atoms with van der Waals surface area (Å²) in [6.07, 6.45) is 5.14. The van der Waals surface area contributed by atoms with Gasteiger partial charge in [-0.25, -0.2) is 4.79 Å². The maximum Gasteiger partial charge on any atom is 0.415 e. The molecule has 0 unspecified atom stereocenters. The third-order valence-corrected chi connectivity index (χ3v) is 5.91. The first kappa shape index (κ1) is 22.0. The summed E-state index contributed by atoms with van der Waals surface area (Å²) < 4.78 is 5.60. The molecule has 6 heteroatoms. The lowest BCUT2D eigenvalue weighted by molar-refractivity contribution is 0.111. The fourth-order valence-corrected chi connectivity index (χ4v) is 3.81. The van der Waals surface area contributed by atoms with Crippen LogP contribution in [-0.2, 0) is 12.8 Å². The third kappa shape index (κ3) is 5.92. The van der Waals surface area contributed by atoms with Gasteiger partial charge in [0.05, 0.1) is 0 Å². The lowest BCUT2D eigenvalue weighted by Crippen LogP contribution is -2.49. The molecule has 1 aliphatic heterocycles. The predicted molar refractivity (Wildman–Crippen MR) is 125 cm³/mol. The number of amides is 1. The van der Waals surface area contributed by atoms with Crippen molar-refractivity contribution in [3.8, 4) is 5.75 Å². The second-order valence-corrected chi connectivity index (χ2v) is 8.36. The molecule has 0 radical (unpaired) electrons. The Morgan fingerprint density at radius 1 is 0.969 bits per heavy atom. The molecular weight excluding hydrogens is 400 g/mol. The highest BCUT2D eigenvalue weighted by atomic mass is 16.6. The molecule has 6 nitrogen and oxygen atoms in total. The number of ether oxygens (including phenoxy) is 1. The van der Waals surface area contributed by atoms with E-state index in [9.17, 15) is 4.79 Å². The number of carbonyl (C=O) groups excluding carboxylic acids is 1. The van der Waals surface area contributed by atoms with E-state index in [0.717, 1.165) is 49.4 Å². The largest absolute Gasteiger partial charge is 0.415 e. The van der Waals surface area contributed by atoms with Gasteiger partial charge in [0.1, 0.15) is 5.75 Å². The summed E-state index contributed by atoms with van der Waals surface area (Å²) >= 11 is 0. The number of hydrogen-bond acceptors (Lipinski definition) is 5. The molecule has 1 amide bonds. The number of benzene rings is 1. The van der Waals surface area contributed by atoms with Gasteiger partial charge in [0, 0.05) is 69.3 Å². The average molecular weight is 431 g/mol. The van der Waals surface area contributed by atoms with Gasteiger partial charge in [0.25, 0.3) is 0 Å². The maximum atomic E-state index is 12.6. The predicted octanol–water partition coefficient (Wildman–Crippen LogP) is 4.04. The van der Waals surface area contributed by atoms with E-state index in [0.29, 0.717) is 18.8 Å². The minimum absolute atomic E-state index is 0.279. The molecule has 1 aromatic carbocycles. The zero-order chi connectivity index (χ0) is 22.3. The van der Waals surface area contributed by atoms with Crippen LogP contribution in [0, 0.1) is 13.8 Å². The minimum atomic E-state index is -0.279. The summed E-state index contributed by atoms with van der Waals surface area (Å²) in [7, 11) is 0. The van der Waals surface area contributed by atoms with Crippen molar-refractivity contribution in [2.75, 3.05) is 32.7 Å². The van der Waals surface area contributed by atoms with Crippen molar-refractivity contribution in [3.05, 3.63) is 89.0 Å². The molecule has 0 aliphatic carbocycles. The van der Waals surface area contributed by atoms with Crippen LogP contribution in [0.15, 0.2) is 60.9 Å². The number of hydrogen-bond donors (Lipinski definition) is 0. The summed E-state index contributed by atoms with van der Waals surface area (Å²) in [5.74, 6) is 0.573. The van der Waals surface area contributed by atoms with Gasteiger partial charge in [0.15, 0.2) is 0 Å². The first-order valence-electron chi connectivity index (χ1n) is 11.2. The molecule has 0 N–H and O–H groups in total. The van der Waals surface area contributed by atoms with E-state index in [4.69, 9.17) is 4.74 Å². The lowest BCUT2D eigenvalue weighted by atomic mass is 10.1. The van der Waals surface area contributed by atoms with Crippen LogP contribution >= 0.6 is 0 Å². The monoisotopic (exact) mass is 430 g/mol. The quantitative estimate of drug-likeness (QED) is 0.591. The fraction of sp³-hybridized carbons (Fsp3) is 0.346. The van der Waals surface area contributed by atoms with Gasteiger partial charge < -0.3 is 9.64 Å². The molecule has 3 aromatic rings. The van der Waals surface area contributed by atoms with E-state index in [1.165, 1.54) is 11.1 Å². The summed E-state index contributed by atoms with van der Waals surface area (Å²) in [6.45, 7) is 8.13. The Morgan fingerprint density at radius 3 is 2.44 bits per heavy atom. The van der Waals surface area contributed by atoms with E-state index in [1.54, 1.807) is 4.90 Å². The zero-order valence-electron chi connectivity index (χ0n) is 18.8. The van der Waals surface area contributed by atoms with E-state index >= 15 is 0 Å². The van der Waals surface area contributed by atoms with Crippen molar-refractivity contribution in [3.63, 3.8) is 0 Å². The molecule has 166 valence electrons. The summed E-state index contributed by atoms with van der Waals surface area (Å²) in [6, 6.07) is 15.9. The van der Waals surface area contributed by atoms with Crippen LogP contribution in [0.4, 0.5) is 4.79 Å². The molecule has 0 bridgehead atoms. The van der Waals surface area contributed by atoms with Crippen molar-refractivity contribution in [1.82, 2.24) is 19.8 Å². The van der Waals surface area contributed by atoms with Crippen LogP contribution in [0.2, 0.25) is 0 Å². The van der Waals surface area contributed by atoms with Crippen molar-refractivity contribution < 1.29 is 9.53 Å². The molecule has 32 heavy (non-hydrogen) atoms. The molecule has 1 saturated heterocycles. The number of aryl methyl sites for hydroxylation is 2. The molecule has 2 aromatic heterocycles. The van der Waals surface area contributed by atoms with E-state index < -0.39 is 0 Å². The van der Waals surface area contributed by atoms with Crippen LogP contribution in [0.25, 0.3) is 0 Å². The fourth-order valence-electron chi connectivity index (χ4n) is 3.81. The molecule has 4 rings (SSSR count). The average Bonchev–Trinajstić information content (AvgIpc) is 2.82. The van der Waals surface area contributed by atoms with Gasteiger partial charge in [-0.2, -0.15) is 0 Å². The van der Waals surface area contributed by atoms with Crippen LogP contribution in [0.3, 0.4) is 0 Å². The van der Waals surface area contributed by atoms with Crippen molar-refractivity contribution in [2.45, 2.75) is 26.7 Å². The van der Waals surface area contributed by atoms with Crippen LogP contribution in [-0.4, -0.2) is 58.6 Å². The van der Waals surface area contributed by atoms with Crippen molar-refractivity contribution in [1.29, 1.82) is 0 Å². The lowest BCUT2D eigenvalue weighted by Gasteiger charge is -2.33. The Hall–Kier alpha value is -3.25. The number of piperazine rings is 1. The second kappa shape index (κ2) is 10.4. The molecule has 0 atom stereocenters. The normalized spacial score (nSPS) is 14.4. The Labute approximate surface area is 189 Å². The van der Waals surface area contributed by atoms with Crippen LogP contribution in [0.5, 0.6) is 5.75 Å².